The highest BCUT2D eigenvalue weighted by Crippen LogP contribution is 2.32. The predicted molar refractivity (Wildman–Crippen MR) is 92.0 cm³/mol. The Morgan fingerprint density at radius 1 is 1.22 bits per heavy atom. The highest BCUT2D eigenvalue weighted by molar-refractivity contribution is 5.85. The predicted octanol–water partition coefficient (Wildman–Crippen LogP) is 2.84. The van der Waals surface area contributed by atoms with Crippen molar-refractivity contribution in [3.8, 4) is 0 Å². The van der Waals surface area contributed by atoms with Crippen LogP contribution in [0.3, 0.4) is 0 Å². The van der Waals surface area contributed by atoms with Gasteiger partial charge in [-0.05, 0) is 38.2 Å². The summed E-state index contributed by atoms with van der Waals surface area (Å²) in [5.74, 6) is -0.174. The molecule has 3 atom stereocenters. The molecule has 0 amide bonds. The van der Waals surface area contributed by atoms with Crippen molar-refractivity contribution in [3.05, 3.63) is 35.9 Å². The molecule has 128 valence electrons. The fourth-order valence-corrected chi connectivity index (χ4v) is 3.74. The van der Waals surface area contributed by atoms with Crippen LogP contribution >= 0.6 is 12.4 Å². The zero-order valence-corrected chi connectivity index (χ0v) is 14.6. The molecular formula is C18H26ClNO3. The lowest BCUT2D eigenvalue weighted by atomic mass is 9.83. The first kappa shape index (κ1) is 18.2. The molecule has 1 aromatic carbocycles. The van der Waals surface area contributed by atoms with Crippen LogP contribution in [0.1, 0.15) is 38.2 Å². The van der Waals surface area contributed by atoms with Crippen LogP contribution in [-0.2, 0) is 19.7 Å². The molecule has 1 aromatic rings. The molecule has 2 bridgehead atoms. The highest BCUT2D eigenvalue weighted by atomic mass is 35.5. The quantitative estimate of drug-likeness (QED) is 0.838. The summed E-state index contributed by atoms with van der Waals surface area (Å²) in [5.41, 5.74) is 0.193. The van der Waals surface area contributed by atoms with Gasteiger partial charge in [-0.15, -0.1) is 12.4 Å². The lowest BCUT2D eigenvalue weighted by molar-refractivity contribution is -0.159. The molecule has 0 saturated carbocycles. The largest absolute Gasteiger partial charge is 0.462 e. The van der Waals surface area contributed by atoms with E-state index in [9.17, 15) is 4.79 Å². The monoisotopic (exact) mass is 339 g/mol. The summed E-state index contributed by atoms with van der Waals surface area (Å²) in [5, 5.41) is 3.57. The number of benzene rings is 1. The van der Waals surface area contributed by atoms with Gasteiger partial charge in [-0.25, -0.2) is 0 Å². The maximum atomic E-state index is 12.8. The summed E-state index contributed by atoms with van der Waals surface area (Å²) >= 11 is 0. The third-order valence-electron chi connectivity index (χ3n) is 5.00. The van der Waals surface area contributed by atoms with Crippen molar-refractivity contribution < 1.29 is 14.3 Å². The molecule has 0 aliphatic carbocycles. The van der Waals surface area contributed by atoms with Crippen LogP contribution in [0.2, 0.25) is 0 Å². The summed E-state index contributed by atoms with van der Waals surface area (Å²) in [6, 6.07) is 10.8. The van der Waals surface area contributed by atoms with Crippen molar-refractivity contribution >= 4 is 18.4 Å². The zero-order chi connectivity index (χ0) is 15.6. The van der Waals surface area contributed by atoms with E-state index in [0.717, 1.165) is 18.4 Å². The Labute approximate surface area is 144 Å². The smallest absolute Gasteiger partial charge is 0.318 e. The van der Waals surface area contributed by atoms with Crippen molar-refractivity contribution in [1.82, 2.24) is 5.32 Å². The average Bonchev–Trinajstić information content (AvgIpc) is 2.87. The molecule has 3 rings (SSSR count). The van der Waals surface area contributed by atoms with E-state index in [0.29, 0.717) is 18.7 Å². The third-order valence-corrected chi connectivity index (χ3v) is 5.00. The molecule has 23 heavy (non-hydrogen) atoms. The van der Waals surface area contributed by atoms with Gasteiger partial charge in [0.05, 0.1) is 6.61 Å². The Kier molecular flexibility index (Phi) is 6.06. The van der Waals surface area contributed by atoms with Crippen LogP contribution < -0.4 is 5.32 Å². The van der Waals surface area contributed by atoms with Gasteiger partial charge >= 0.3 is 5.97 Å². The van der Waals surface area contributed by atoms with Crippen LogP contribution in [0.5, 0.6) is 0 Å². The first-order valence-corrected chi connectivity index (χ1v) is 8.13. The van der Waals surface area contributed by atoms with Gasteiger partial charge in [-0.1, -0.05) is 30.3 Å². The minimum absolute atomic E-state index is 0. The van der Waals surface area contributed by atoms with Crippen LogP contribution in [0, 0.1) is 0 Å². The van der Waals surface area contributed by atoms with Crippen LogP contribution in [0.15, 0.2) is 30.3 Å². The summed E-state index contributed by atoms with van der Waals surface area (Å²) in [6.07, 6.45) is 4.30. The number of carbonyl (C=O) groups is 1. The fraction of sp³-hybridized carbons (Fsp3) is 0.611. The fourth-order valence-electron chi connectivity index (χ4n) is 3.74. The number of methoxy groups -OCH3 is 1. The third kappa shape index (κ3) is 3.87. The van der Waals surface area contributed by atoms with Crippen LogP contribution in [-0.4, -0.2) is 37.9 Å². The Morgan fingerprint density at radius 2 is 1.83 bits per heavy atom. The molecule has 1 N–H and O–H groups in total. The van der Waals surface area contributed by atoms with Crippen LogP contribution in [0.4, 0.5) is 0 Å². The van der Waals surface area contributed by atoms with E-state index in [1.165, 1.54) is 12.8 Å². The van der Waals surface area contributed by atoms with Crippen LogP contribution in [0.25, 0.3) is 0 Å². The number of piperidine rings is 1. The molecule has 0 radical (unpaired) electrons. The number of carbonyl (C=O) groups excluding carboxylic acids is 1. The molecule has 3 unspecified atom stereocenters. The van der Waals surface area contributed by atoms with Gasteiger partial charge in [0.15, 0.2) is 0 Å². The zero-order valence-electron chi connectivity index (χ0n) is 13.8. The van der Waals surface area contributed by atoms with E-state index in [2.05, 4.69) is 5.32 Å². The second-order valence-corrected chi connectivity index (χ2v) is 6.77. The summed E-state index contributed by atoms with van der Waals surface area (Å²) in [6.45, 7) is 2.23. The molecule has 2 aliphatic rings. The van der Waals surface area contributed by atoms with E-state index in [1.54, 1.807) is 7.11 Å². The van der Waals surface area contributed by atoms with E-state index in [4.69, 9.17) is 9.47 Å². The van der Waals surface area contributed by atoms with Gasteiger partial charge in [0, 0.05) is 19.2 Å². The molecule has 2 aliphatic heterocycles. The van der Waals surface area contributed by atoms with Gasteiger partial charge in [0.1, 0.15) is 11.5 Å². The number of halogens is 1. The number of rotatable bonds is 5. The van der Waals surface area contributed by atoms with Gasteiger partial charge in [-0.3, -0.25) is 4.79 Å². The van der Waals surface area contributed by atoms with Crippen molar-refractivity contribution in [3.63, 3.8) is 0 Å². The average molecular weight is 340 g/mol. The number of fused-ring (bicyclic) bond motifs is 2. The Hall–Kier alpha value is -1.10. The summed E-state index contributed by atoms with van der Waals surface area (Å²) in [4.78, 5) is 12.8. The molecule has 2 fully saturated rings. The Balaban J connectivity index is 0.00000192. The maximum absolute atomic E-state index is 12.8. The minimum Gasteiger partial charge on any atom is -0.462 e. The minimum atomic E-state index is -0.750. The Morgan fingerprint density at radius 3 is 2.39 bits per heavy atom. The summed E-state index contributed by atoms with van der Waals surface area (Å²) < 4.78 is 11.2. The SMILES string of the molecule is COCC(C)(C(=O)OC1CC2CCC(C1)N2)c1ccccc1.Cl. The van der Waals surface area contributed by atoms with E-state index < -0.39 is 5.41 Å². The maximum Gasteiger partial charge on any atom is 0.318 e. The van der Waals surface area contributed by atoms with Gasteiger partial charge in [0.2, 0.25) is 0 Å². The van der Waals surface area contributed by atoms with Gasteiger partial charge in [0.25, 0.3) is 0 Å². The molecule has 0 spiro atoms. The first-order chi connectivity index (χ1) is 10.6. The molecule has 4 nitrogen and oxygen atoms in total. The van der Waals surface area contributed by atoms with Crippen molar-refractivity contribution in [2.24, 2.45) is 0 Å². The second-order valence-electron chi connectivity index (χ2n) is 6.77. The molecule has 2 saturated heterocycles. The lowest BCUT2D eigenvalue weighted by Crippen LogP contribution is -2.46. The van der Waals surface area contributed by atoms with E-state index in [1.807, 2.05) is 37.3 Å². The van der Waals surface area contributed by atoms with E-state index in [-0.39, 0.29) is 24.5 Å². The number of hydrogen-bond acceptors (Lipinski definition) is 4. The number of hydrogen-bond donors (Lipinski definition) is 1. The number of esters is 1. The lowest BCUT2D eigenvalue weighted by Gasteiger charge is -2.33. The normalized spacial score (nSPS) is 28.5. The summed E-state index contributed by atoms with van der Waals surface area (Å²) in [7, 11) is 1.62. The highest BCUT2D eigenvalue weighted by Gasteiger charge is 2.41. The molecule has 5 heteroatoms. The van der Waals surface area contributed by atoms with Gasteiger partial charge < -0.3 is 14.8 Å². The second kappa shape index (κ2) is 7.65. The van der Waals surface area contributed by atoms with Crippen molar-refractivity contribution in [1.29, 1.82) is 0 Å². The van der Waals surface area contributed by atoms with Crippen molar-refractivity contribution in [2.75, 3.05) is 13.7 Å². The Bertz CT molecular complexity index is 512. The van der Waals surface area contributed by atoms with E-state index >= 15 is 0 Å². The first-order valence-electron chi connectivity index (χ1n) is 8.13. The number of ether oxygens (including phenoxy) is 2. The van der Waals surface area contributed by atoms with Gasteiger partial charge in [-0.2, -0.15) is 0 Å². The molecule has 2 heterocycles. The molecular weight excluding hydrogens is 314 g/mol. The molecule has 0 aromatic heterocycles. The topological polar surface area (TPSA) is 47.6 Å². The van der Waals surface area contributed by atoms with Crippen molar-refractivity contribution in [2.45, 2.75) is 56.2 Å². The standard InChI is InChI=1S/C18H25NO3.ClH/c1-18(12-21-2,13-6-4-3-5-7-13)17(20)22-16-10-14-8-9-15(11-16)19-14;/h3-7,14-16,19H,8-12H2,1-2H3;1H. The number of nitrogens with one attached hydrogen (secondary N) is 1.